The standard InChI is InChI=1S/C22H27N3O3S2/c26-22(17-24-13-6-16-29-21-8-3-2-7-20(21)24)23-18-9-11-19(12-10-18)30(27,28)25-14-4-1-5-15-25/h2-3,7-12H,1,4-6,13-17H2,(H,23,26). The number of amides is 1. The van der Waals surface area contributed by atoms with Gasteiger partial charge >= 0.3 is 0 Å². The van der Waals surface area contributed by atoms with E-state index >= 15 is 0 Å². The summed E-state index contributed by atoms with van der Waals surface area (Å²) in [6.45, 7) is 2.27. The van der Waals surface area contributed by atoms with E-state index in [-0.39, 0.29) is 17.3 Å². The van der Waals surface area contributed by atoms with Crippen molar-refractivity contribution in [3.8, 4) is 0 Å². The number of benzene rings is 2. The van der Waals surface area contributed by atoms with Crippen LogP contribution in [0.2, 0.25) is 0 Å². The summed E-state index contributed by atoms with van der Waals surface area (Å²) in [6.07, 6.45) is 3.92. The average Bonchev–Trinajstić information content (AvgIpc) is 2.97. The van der Waals surface area contributed by atoms with E-state index in [1.807, 2.05) is 23.9 Å². The van der Waals surface area contributed by atoms with Gasteiger partial charge in [0.1, 0.15) is 0 Å². The molecule has 0 spiro atoms. The van der Waals surface area contributed by atoms with Gasteiger partial charge in [-0.15, -0.1) is 11.8 Å². The number of fused-ring (bicyclic) bond motifs is 1. The van der Waals surface area contributed by atoms with Crippen LogP contribution in [0.15, 0.2) is 58.3 Å². The molecule has 4 rings (SSSR count). The first-order valence-corrected chi connectivity index (χ1v) is 12.8. The summed E-state index contributed by atoms with van der Waals surface area (Å²) in [5, 5.41) is 2.90. The predicted octanol–water partition coefficient (Wildman–Crippen LogP) is 3.80. The van der Waals surface area contributed by atoms with E-state index in [0.29, 0.717) is 18.8 Å². The highest BCUT2D eigenvalue weighted by Gasteiger charge is 2.25. The van der Waals surface area contributed by atoms with E-state index in [1.165, 1.54) is 4.90 Å². The van der Waals surface area contributed by atoms with Crippen molar-refractivity contribution in [3.05, 3.63) is 48.5 Å². The second-order valence-corrected chi connectivity index (χ2v) is 10.7. The Bertz CT molecular complexity index is 987. The lowest BCUT2D eigenvalue weighted by Crippen LogP contribution is -2.35. The Morgan fingerprint density at radius 2 is 1.67 bits per heavy atom. The summed E-state index contributed by atoms with van der Waals surface area (Å²) in [5.74, 6) is 0.936. The summed E-state index contributed by atoms with van der Waals surface area (Å²) >= 11 is 1.83. The highest BCUT2D eigenvalue weighted by atomic mass is 32.2. The van der Waals surface area contributed by atoms with Gasteiger partial charge in [-0.2, -0.15) is 4.31 Å². The van der Waals surface area contributed by atoms with Crippen molar-refractivity contribution in [1.29, 1.82) is 0 Å². The van der Waals surface area contributed by atoms with Crippen molar-refractivity contribution in [1.82, 2.24) is 4.31 Å². The fourth-order valence-electron chi connectivity index (χ4n) is 3.90. The topological polar surface area (TPSA) is 69.7 Å². The van der Waals surface area contributed by atoms with Crippen LogP contribution in [0.5, 0.6) is 0 Å². The number of hydrogen-bond donors (Lipinski definition) is 1. The Hall–Kier alpha value is -2.03. The molecule has 1 N–H and O–H groups in total. The number of nitrogens with zero attached hydrogens (tertiary/aromatic N) is 2. The molecule has 0 unspecified atom stereocenters. The van der Waals surface area contributed by atoms with Gasteiger partial charge in [0.05, 0.1) is 17.1 Å². The summed E-state index contributed by atoms with van der Waals surface area (Å²) in [4.78, 5) is 16.2. The Labute approximate surface area is 182 Å². The fraction of sp³-hybridized carbons (Fsp3) is 0.409. The molecule has 8 heteroatoms. The van der Waals surface area contributed by atoms with E-state index in [0.717, 1.165) is 43.7 Å². The number of piperidine rings is 1. The molecular weight excluding hydrogens is 418 g/mol. The molecule has 0 aliphatic carbocycles. The summed E-state index contributed by atoms with van der Waals surface area (Å²) in [5.41, 5.74) is 1.70. The molecule has 1 saturated heterocycles. The van der Waals surface area contributed by atoms with Crippen LogP contribution in [0, 0.1) is 0 Å². The molecule has 0 saturated carbocycles. The number of carbonyl (C=O) groups excluding carboxylic acids is 1. The number of hydrogen-bond acceptors (Lipinski definition) is 5. The van der Waals surface area contributed by atoms with Crippen LogP contribution in [0.1, 0.15) is 25.7 Å². The van der Waals surface area contributed by atoms with Crippen LogP contribution >= 0.6 is 11.8 Å². The van der Waals surface area contributed by atoms with Crippen molar-refractivity contribution in [3.63, 3.8) is 0 Å². The first kappa shape index (κ1) is 21.2. The van der Waals surface area contributed by atoms with Gasteiger partial charge in [0, 0.05) is 30.2 Å². The van der Waals surface area contributed by atoms with Gasteiger partial charge in [0.25, 0.3) is 0 Å². The zero-order valence-electron chi connectivity index (χ0n) is 16.9. The molecule has 1 fully saturated rings. The molecule has 1 amide bonds. The van der Waals surface area contributed by atoms with E-state index in [1.54, 1.807) is 28.6 Å². The SMILES string of the molecule is O=C(CN1CCCSc2ccccc21)Nc1ccc(S(=O)(=O)N2CCCCC2)cc1. The molecule has 30 heavy (non-hydrogen) atoms. The van der Waals surface area contributed by atoms with Crippen LogP contribution in [0.3, 0.4) is 0 Å². The summed E-state index contributed by atoms with van der Waals surface area (Å²) < 4.78 is 27.1. The largest absolute Gasteiger partial charge is 0.361 e. The van der Waals surface area contributed by atoms with Gasteiger partial charge in [0.15, 0.2) is 0 Å². The zero-order chi connectivity index (χ0) is 21.0. The highest BCUT2D eigenvalue weighted by molar-refractivity contribution is 7.99. The van der Waals surface area contributed by atoms with Crippen LogP contribution in [-0.4, -0.2) is 50.6 Å². The molecule has 0 atom stereocenters. The fourth-order valence-corrected chi connectivity index (χ4v) is 6.43. The van der Waals surface area contributed by atoms with Crippen molar-refractivity contribution in [2.24, 2.45) is 0 Å². The number of carbonyl (C=O) groups is 1. The third kappa shape index (κ3) is 4.82. The molecule has 2 aliphatic rings. The van der Waals surface area contributed by atoms with Crippen LogP contribution in [-0.2, 0) is 14.8 Å². The Balaban J connectivity index is 1.41. The minimum Gasteiger partial charge on any atom is -0.361 e. The van der Waals surface area contributed by atoms with Crippen LogP contribution in [0.4, 0.5) is 11.4 Å². The first-order valence-electron chi connectivity index (χ1n) is 10.4. The third-order valence-electron chi connectivity index (χ3n) is 5.46. The lowest BCUT2D eigenvalue weighted by atomic mass is 10.2. The van der Waals surface area contributed by atoms with Crippen molar-refractivity contribution in [2.75, 3.05) is 42.1 Å². The molecule has 2 heterocycles. The minimum atomic E-state index is -3.46. The number of thioether (sulfide) groups is 1. The summed E-state index contributed by atoms with van der Waals surface area (Å²) in [7, 11) is -3.46. The lowest BCUT2D eigenvalue weighted by molar-refractivity contribution is -0.115. The third-order valence-corrected chi connectivity index (χ3v) is 8.52. The van der Waals surface area contributed by atoms with Crippen LogP contribution in [0.25, 0.3) is 0 Å². The lowest BCUT2D eigenvalue weighted by Gasteiger charge is -2.26. The molecular formula is C22H27N3O3S2. The van der Waals surface area contributed by atoms with Crippen molar-refractivity contribution >= 4 is 39.1 Å². The maximum absolute atomic E-state index is 12.8. The Morgan fingerprint density at radius 3 is 2.43 bits per heavy atom. The van der Waals surface area contributed by atoms with Crippen molar-refractivity contribution in [2.45, 2.75) is 35.5 Å². The van der Waals surface area contributed by atoms with Gasteiger partial charge in [-0.1, -0.05) is 18.6 Å². The predicted molar refractivity (Wildman–Crippen MR) is 122 cm³/mol. The molecule has 0 aromatic heterocycles. The molecule has 0 radical (unpaired) electrons. The average molecular weight is 446 g/mol. The Kier molecular flexibility index (Phi) is 6.65. The van der Waals surface area contributed by atoms with Crippen LogP contribution < -0.4 is 10.2 Å². The highest BCUT2D eigenvalue weighted by Crippen LogP contribution is 2.33. The van der Waals surface area contributed by atoms with E-state index in [9.17, 15) is 13.2 Å². The molecule has 2 aliphatic heterocycles. The Morgan fingerprint density at radius 1 is 0.933 bits per heavy atom. The quantitative estimate of drug-likeness (QED) is 0.758. The molecule has 6 nitrogen and oxygen atoms in total. The number of nitrogens with one attached hydrogen (secondary N) is 1. The maximum atomic E-state index is 12.8. The summed E-state index contributed by atoms with van der Waals surface area (Å²) in [6, 6.07) is 14.7. The monoisotopic (exact) mass is 445 g/mol. The molecule has 0 bridgehead atoms. The molecule has 2 aromatic rings. The zero-order valence-corrected chi connectivity index (χ0v) is 18.6. The minimum absolute atomic E-state index is 0.108. The van der Waals surface area contributed by atoms with Gasteiger partial charge in [0.2, 0.25) is 15.9 Å². The van der Waals surface area contributed by atoms with Gasteiger partial charge in [-0.05, 0) is 61.4 Å². The van der Waals surface area contributed by atoms with Gasteiger partial charge in [-0.25, -0.2) is 8.42 Å². The first-order chi connectivity index (χ1) is 14.5. The van der Waals surface area contributed by atoms with Crippen molar-refractivity contribution < 1.29 is 13.2 Å². The number of sulfonamides is 1. The number of anilines is 2. The molecule has 160 valence electrons. The normalized spacial score (nSPS) is 17.8. The second-order valence-electron chi connectivity index (χ2n) is 7.63. The molecule has 2 aromatic carbocycles. The van der Waals surface area contributed by atoms with E-state index < -0.39 is 10.0 Å². The maximum Gasteiger partial charge on any atom is 0.243 e. The second kappa shape index (κ2) is 9.41. The van der Waals surface area contributed by atoms with E-state index in [2.05, 4.69) is 22.3 Å². The smallest absolute Gasteiger partial charge is 0.243 e. The van der Waals surface area contributed by atoms with E-state index in [4.69, 9.17) is 0 Å². The van der Waals surface area contributed by atoms with Gasteiger partial charge < -0.3 is 10.2 Å². The number of rotatable bonds is 5. The number of para-hydroxylation sites is 1. The van der Waals surface area contributed by atoms with Gasteiger partial charge in [-0.3, -0.25) is 4.79 Å².